The van der Waals surface area contributed by atoms with Crippen molar-refractivity contribution < 1.29 is 0 Å². The average molecular weight is 238 g/mol. The monoisotopic (exact) mass is 238 g/mol. The Morgan fingerprint density at radius 1 is 1.00 bits per heavy atom. The molecule has 0 N–H and O–H groups in total. The molecule has 4 rings (SSSR count). The molecule has 0 amide bonds. The molecule has 0 aromatic heterocycles. The highest BCUT2D eigenvalue weighted by atomic mass is 14.3. The van der Waals surface area contributed by atoms with Gasteiger partial charge in [0, 0.05) is 5.92 Å². The molecule has 0 spiro atoms. The van der Waals surface area contributed by atoms with Gasteiger partial charge in [-0.3, -0.25) is 0 Å². The first kappa shape index (κ1) is 11.8. The van der Waals surface area contributed by atoms with Gasteiger partial charge >= 0.3 is 0 Å². The lowest BCUT2D eigenvalue weighted by Gasteiger charge is -2.05. The van der Waals surface area contributed by atoms with Gasteiger partial charge in [-0.15, -0.1) is 0 Å². The number of hydrogen-bond donors (Lipinski definition) is 0. The van der Waals surface area contributed by atoms with E-state index in [-0.39, 0.29) is 0 Å². The quantitative estimate of drug-likeness (QED) is 0.591. The minimum absolute atomic E-state index is 0.672. The smallest absolute Gasteiger partial charge is 0.00246 e. The number of benzene rings is 1. The SMILES string of the molecule is C1=CC2CCC1C2.CCC1C=Cc2ccccc21. The van der Waals surface area contributed by atoms with Crippen LogP contribution in [-0.4, -0.2) is 0 Å². The maximum atomic E-state index is 2.38. The summed E-state index contributed by atoms with van der Waals surface area (Å²) in [5.41, 5.74) is 2.90. The Balaban J connectivity index is 0.000000122. The van der Waals surface area contributed by atoms with Gasteiger partial charge in [-0.25, -0.2) is 0 Å². The molecule has 2 bridgehead atoms. The Morgan fingerprint density at radius 3 is 2.28 bits per heavy atom. The molecule has 3 aliphatic carbocycles. The van der Waals surface area contributed by atoms with E-state index in [1.807, 2.05) is 0 Å². The van der Waals surface area contributed by atoms with Gasteiger partial charge in [0.25, 0.3) is 0 Å². The van der Waals surface area contributed by atoms with Crippen molar-refractivity contribution in [1.82, 2.24) is 0 Å². The molecule has 0 aliphatic heterocycles. The topological polar surface area (TPSA) is 0 Å². The van der Waals surface area contributed by atoms with E-state index in [2.05, 4.69) is 55.5 Å². The highest BCUT2D eigenvalue weighted by Gasteiger charge is 2.25. The maximum Gasteiger partial charge on any atom is 0.00246 e. The van der Waals surface area contributed by atoms with Crippen molar-refractivity contribution in [3.63, 3.8) is 0 Å². The standard InChI is InChI=1S/C11H12.C7H10/c1-2-9-7-8-10-5-3-4-6-11(9)10;1-2-7-4-3-6(1)5-7/h3-9H,2H2,1H3;1-2,6-7H,3-5H2. The van der Waals surface area contributed by atoms with Gasteiger partial charge in [-0.2, -0.15) is 0 Å². The summed E-state index contributed by atoms with van der Waals surface area (Å²) < 4.78 is 0. The molecule has 0 nitrogen and oxygen atoms in total. The van der Waals surface area contributed by atoms with Gasteiger partial charge in [0.1, 0.15) is 0 Å². The fourth-order valence-electron chi connectivity index (χ4n) is 3.40. The Hall–Kier alpha value is -1.30. The molecular formula is C18H22. The van der Waals surface area contributed by atoms with Crippen molar-refractivity contribution in [3.8, 4) is 0 Å². The number of hydrogen-bond acceptors (Lipinski definition) is 0. The first-order valence-corrected chi connectivity index (χ1v) is 7.32. The molecule has 1 fully saturated rings. The van der Waals surface area contributed by atoms with Crippen LogP contribution in [0.3, 0.4) is 0 Å². The van der Waals surface area contributed by atoms with E-state index in [0.717, 1.165) is 11.8 Å². The summed E-state index contributed by atoms with van der Waals surface area (Å²) in [6, 6.07) is 8.63. The van der Waals surface area contributed by atoms with Crippen LogP contribution >= 0.6 is 0 Å². The van der Waals surface area contributed by atoms with Crippen LogP contribution in [0.1, 0.15) is 49.7 Å². The van der Waals surface area contributed by atoms with E-state index >= 15 is 0 Å². The molecule has 0 heteroatoms. The summed E-state index contributed by atoms with van der Waals surface area (Å²) in [6.45, 7) is 2.23. The predicted molar refractivity (Wildman–Crippen MR) is 78.5 cm³/mol. The van der Waals surface area contributed by atoms with E-state index in [0.29, 0.717) is 5.92 Å². The van der Waals surface area contributed by atoms with E-state index in [9.17, 15) is 0 Å². The van der Waals surface area contributed by atoms with Crippen LogP contribution in [0.15, 0.2) is 42.5 Å². The van der Waals surface area contributed by atoms with Gasteiger partial charge in [-0.05, 0) is 48.6 Å². The number of allylic oxidation sites excluding steroid dienone is 3. The Labute approximate surface area is 110 Å². The molecule has 1 aromatic rings. The molecule has 1 aromatic carbocycles. The maximum absolute atomic E-state index is 2.38. The zero-order chi connectivity index (χ0) is 12.4. The lowest BCUT2D eigenvalue weighted by atomic mass is 9.99. The van der Waals surface area contributed by atoms with Crippen molar-refractivity contribution in [2.45, 2.75) is 38.5 Å². The van der Waals surface area contributed by atoms with E-state index in [4.69, 9.17) is 0 Å². The zero-order valence-corrected chi connectivity index (χ0v) is 11.2. The van der Waals surface area contributed by atoms with Crippen LogP contribution in [-0.2, 0) is 0 Å². The van der Waals surface area contributed by atoms with Gasteiger partial charge < -0.3 is 0 Å². The second kappa shape index (κ2) is 5.14. The summed E-state index contributed by atoms with van der Waals surface area (Å²) >= 11 is 0. The Bertz CT molecular complexity index is 455. The van der Waals surface area contributed by atoms with Crippen molar-refractivity contribution in [2.24, 2.45) is 11.8 Å². The summed E-state index contributed by atoms with van der Waals surface area (Å²) in [6.07, 6.45) is 14.9. The summed E-state index contributed by atoms with van der Waals surface area (Å²) in [5.74, 6) is 2.65. The van der Waals surface area contributed by atoms with E-state index in [1.165, 1.54) is 36.8 Å². The molecule has 18 heavy (non-hydrogen) atoms. The van der Waals surface area contributed by atoms with Crippen LogP contribution in [0.4, 0.5) is 0 Å². The molecule has 0 saturated heterocycles. The first-order chi connectivity index (χ1) is 8.86. The van der Waals surface area contributed by atoms with Crippen molar-refractivity contribution >= 4 is 6.08 Å². The lowest BCUT2D eigenvalue weighted by molar-refractivity contribution is 0.691. The second-order valence-corrected chi connectivity index (χ2v) is 5.72. The van der Waals surface area contributed by atoms with Crippen molar-refractivity contribution in [2.75, 3.05) is 0 Å². The van der Waals surface area contributed by atoms with Crippen LogP contribution in [0.25, 0.3) is 6.08 Å². The summed E-state index contributed by atoms with van der Waals surface area (Å²) in [4.78, 5) is 0. The third kappa shape index (κ3) is 2.29. The molecule has 0 heterocycles. The first-order valence-electron chi connectivity index (χ1n) is 7.32. The highest BCUT2D eigenvalue weighted by molar-refractivity contribution is 5.62. The van der Waals surface area contributed by atoms with Crippen LogP contribution < -0.4 is 0 Å². The third-order valence-electron chi connectivity index (χ3n) is 4.51. The van der Waals surface area contributed by atoms with E-state index < -0.39 is 0 Å². The normalized spacial score (nSPS) is 30.2. The Kier molecular flexibility index (Phi) is 3.36. The highest BCUT2D eigenvalue weighted by Crippen LogP contribution is 2.38. The lowest BCUT2D eigenvalue weighted by Crippen LogP contribution is -1.89. The fraction of sp³-hybridized carbons (Fsp3) is 0.444. The molecular weight excluding hydrogens is 216 g/mol. The Morgan fingerprint density at radius 2 is 1.72 bits per heavy atom. The molecule has 1 saturated carbocycles. The largest absolute Gasteiger partial charge is 0.0851 e. The van der Waals surface area contributed by atoms with Gasteiger partial charge in [0.15, 0.2) is 0 Å². The molecule has 3 unspecified atom stereocenters. The van der Waals surface area contributed by atoms with Crippen LogP contribution in [0.5, 0.6) is 0 Å². The molecule has 0 radical (unpaired) electrons. The molecule has 3 aliphatic rings. The zero-order valence-electron chi connectivity index (χ0n) is 11.2. The van der Waals surface area contributed by atoms with Crippen molar-refractivity contribution in [1.29, 1.82) is 0 Å². The van der Waals surface area contributed by atoms with Gasteiger partial charge in [-0.1, -0.05) is 55.5 Å². The second-order valence-electron chi connectivity index (χ2n) is 5.72. The summed E-state index contributed by atoms with van der Waals surface area (Å²) in [5, 5.41) is 0. The predicted octanol–water partition coefficient (Wildman–Crippen LogP) is 5.18. The van der Waals surface area contributed by atoms with Crippen LogP contribution in [0, 0.1) is 11.8 Å². The van der Waals surface area contributed by atoms with E-state index in [1.54, 1.807) is 0 Å². The summed E-state index contributed by atoms with van der Waals surface area (Å²) in [7, 11) is 0. The number of fused-ring (bicyclic) bond motifs is 3. The number of rotatable bonds is 1. The minimum Gasteiger partial charge on any atom is -0.0851 e. The van der Waals surface area contributed by atoms with Crippen LogP contribution in [0.2, 0.25) is 0 Å². The van der Waals surface area contributed by atoms with Crippen molar-refractivity contribution in [3.05, 3.63) is 53.6 Å². The van der Waals surface area contributed by atoms with Gasteiger partial charge in [0.2, 0.25) is 0 Å². The molecule has 94 valence electrons. The molecule has 3 atom stereocenters. The minimum atomic E-state index is 0.672. The van der Waals surface area contributed by atoms with Gasteiger partial charge in [0.05, 0.1) is 0 Å². The third-order valence-corrected chi connectivity index (χ3v) is 4.51. The average Bonchev–Trinajstić information content (AvgIpc) is 3.15. The fourth-order valence-corrected chi connectivity index (χ4v) is 3.40.